The van der Waals surface area contributed by atoms with Gasteiger partial charge in [-0.3, -0.25) is 9.59 Å². The van der Waals surface area contributed by atoms with E-state index >= 15 is 0 Å². The first-order valence-electron chi connectivity index (χ1n) is 5.30. The quantitative estimate of drug-likeness (QED) is 0.578. The van der Waals surface area contributed by atoms with Crippen LogP contribution in [0, 0.1) is 17.8 Å². The van der Waals surface area contributed by atoms with E-state index in [9.17, 15) is 9.59 Å². The molecule has 2 unspecified atom stereocenters. The van der Waals surface area contributed by atoms with Gasteiger partial charge < -0.3 is 4.74 Å². The van der Waals surface area contributed by atoms with Crippen LogP contribution < -0.4 is 0 Å². The molecule has 66 valence electrons. The maximum atomic E-state index is 11.4. The average molecular weight is 172 g/mol. The highest BCUT2D eigenvalue weighted by molar-refractivity contribution is 5.94. The van der Waals surface area contributed by atoms with Crippen LogP contribution in [0.4, 0.5) is 0 Å². The topological polar surface area (TPSA) is 43.4 Å². The Morgan fingerprint density at radius 2 is 2.58 bits per heavy atom. The summed E-state index contributed by atoms with van der Waals surface area (Å²) in [4.78, 5) is 22.7. The van der Waals surface area contributed by atoms with E-state index in [1.165, 1.54) is 0 Å². The molecule has 2 rings (SSSR count). The zero-order valence-electron chi connectivity index (χ0n) is 8.82. The lowest BCUT2D eigenvalue weighted by molar-refractivity contribution is -0.146. The molecule has 0 aromatic heterocycles. The third-order valence-electron chi connectivity index (χ3n) is 2.45. The lowest BCUT2D eigenvalue weighted by Crippen LogP contribution is -2.12. The number of carbonyl (C=O) groups is 2. The number of esters is 1. The summed E-state index contributed by atoms with van der Waals surface area (Å²) < 4.78 is 19.7. The Kier molecular flexibility index (Phi) is 1.23. The summed E-state index contributed by atoms with van der Waals surface area (Å²) >= 11 is 0. The fourth-order valence-electron chi connectivity index (χ4n) is 1.80. The average Bonchev–Trinajstić information content (AvgIpc) is 2.84. The van der Waals surface area contributed by atoms with Gasteiger partial charge in [-0.05, 0) is 19.2 Å². The molecule has 0 aromatic rings. The summed E-state index contributed by atoms with van der Waals surface area (Å²) in [5, 5.41) is 0. The lowest BCUT2D eigenvalue weighted by Gasteiger charge is -2.01. The van der Waals surface area contributed by atoms with Crippen molar-refractivity contribution in [2.24, 2.45) is 17.8 Å². The van der Waals surface area contributed by atoms with Crippen molar-refractivity contribution in [3.05, 3.63) is 0 Å². The van der Waals surface area contributed by atoms with Gasteiger partial charge in [0.05, 0.1) is 12.5 Å². The minimum absolute atomic E-state index is 0.246. The number of hydrogen-bond acceptors (Lipinski definition) is 3. The molecule has 2 aliphatic carbocycles. The molecule has 3 heteroatoms. The van der Waals surface area contributed by atoms with E-state index < -0.39 is 18.7 Å². The van der Waals surface area contributed by atoms with Gasteiger partial charge in [-0.25, -0.2) is 0 Å². The number of hydrogen-bond donors (Lipinski definition) is 0. The Bertz CT molecular complexity index is 292. The number of fused-ring (bicyclic) bond motifs is 1. The van der Waals surface area contributed by atoms with Crippen LogP contribution in [-0.2, 0) is 14.3 Å². The van der Waals surface area contributed by atoms with Crippen LogP contribution in [0.2, 0.25) is 0 Å². The van der Waals surface area contributed by atoms with Gasteiger partial charge in [0.15, 0.2) is 0 Å². The second kappa shape index (κ2) is 2.57. The number of carbonyl (C=O) groups excluding carboxylic acids is 2. The number of ether oxygens (including phenoxy) is 1. The third kappa shape index (κ3) is 0.958. The molecule has 0 saturated heterocycles. The molecule has 0 N–H and O–H groups in total. The van der Waals surface area contributed by atoms with Gasteiger partial charge >= 0.3 is 5.97 Å². The van der Waals surface area contributed by atoms with Crippen molar-refractivity contribution in [3.63, 3.8) is 0 Å². The van der Waals surface area contributed by atoms with E-state index in [-0.39, 0.29) is 23.6 Å². The van der Waals surface area contributed by atoms with Crippen LogP contribution in [0.25, 0.3) is 0 Å². The van der Waals surface area contributed by atoms with Crippen LogP contribution in [0.5, 0.6) is 0 Å². The minimum Gasteiger partial charge on any atom is -0.466 e. The van der Waals surface area contributed by atoms with Crippen molar-refractivity contribution in [1.29, 1.82) is 0 Å². The maximum Gasteiger partial charge on any atom is 0.309 e. The molecule has 0 amide bonds. The molecule has 0 radical (unpaired) electrons. The van der Waals surface area contributed by atoms with Crippen molar-refractivity contribution < 1.29 is 17.1 Å². The Labute approximate surface area is 73.9 Å². The number of Topliss-reactive ketones (excluding diaryl/α,β-unsaturated/α-hetero) is 1. The zero-order chi connectivity index (χ0) is 10.5. The molecule has 12 heavy (non-hydrogen) atoms. The van der Waals surface area contributed by atoms with Gasteiger partial charge in [0.2, 0.25) is 0 Å². The second-order valence-electron chi connectivity index (χ2n) is 3.14. The van der Waals surface area contributed by atoms with Crippen molar-refractivity contribution in [1.82, 2.24) is 0 Å². The van der Waals surface area contributed by atoms with Crippen molar-refractivity contribution in [3.8, 4) is 0 Å². The summed E-state index contributed by atoms with van der Waals surface area (Å²) in [7, 11) is 0. The first-order valence-corrected chi connectivity index (χ1v) is 4.14. The van der Waals surface area contributed by atoms with E-state index in [1.54, 1.807) is 6.92 Å². The van der Waals surface area contributed by atoms with Gasteiger partial charge in [0.1, 0.15) is 5.78 Å². The van der Waals surface area contributed by atoms with E-state index in [4.69, 9.17) is 7.48 Å². The third-order valence-corrected chi connectivity index (χ3v) is 2.45. The number of rotatable bonds is 2. The highest BCUT2D eigenvalue weighted by Crippen LogP contribution is 2.55. The smallest absolute Gasteiger partial charge is 0.309 e. The highest BCUT2D eigenvalue weighted by Gasteiger charge is 2.62. The van der Waals surface area contributed by atoms with Gasteiger partial charge in [0.25, 0.3) is 0 Å². The monoisotopic (exact) mass is 172 g/mol. The fourth-order valence-corrected chi connectivity index (χ4v) is 1.80. The van der Waals surface area contributed by atoms with Gasteiger partial charge in [-0.1, -0.05) is 0 Å². The molecule has 2 aliphatic rings. The maximum absolute atomic E-state index is 11.4. The van der Waals surface area contributed by atoms with E-state index in [0.717, 1.165) is 0 Å². The first kappa shape index (κ1) is 5.73. The van der Waals surface area contributed by atoms with Gasteiger partial charge in [-0.15, -0.1) is 0 Å². The highest BCUT2D eigenvalue weighted by atomic mass is 16.5. The largest absolute Gasteiger partial charge is 0.466 e. The SMILES string of the molecule is [3H]C1C(=O)[C@@H]2[C@@H](C(=O)OCC)[C@@H]2C1[3H]. The van der Waals surface area contributed by atoms with Crippen molar-refractivity contribution in [2.75, 3.05) is 6.61 Å². The molecule has 2 saturated carbocycles. The standard InChI is InChI=1S/C9H12O3/c1-2-12-9(11)8-5-3-4-6(10)7(5)8/h5,7-8H,2-4H2,1H3/t5-,7-,8+/m1/s1/i3T,4T/t3?,4?,5-,7-,8+. The Balaban J connectivity index is 2.04. The predicted molar refractivity (Wildman–Crippen MR) is 41.3 cm³/mol. The van der Waals surface area contributed by atoms with Crippen molar-refractivity contribution in [2.45, 2.75) is 19.7 Å². The first-order chi connectivity index (χ1) is 6.59. The van der Waals surface area contributed by atoms with Crippen LogP contribution in [0.3, 0.4) is 0 Å². The fraction of sp³-hybridized carbons (Fsp3) is 0.778. The molecule has 0 bridgehead atoms. The molecule has 0 heterocycles. The molecule has 0 spiro atoms. The molecular formula is C9H12O3. The Morgan fingerprint density at radius 3 is 3.08 bits per heavy atom. The molecule has 0 aliphatic heterocycles. The van der Waals surface area contributed by atoms with Crippen LogP contribution in [-0.4, -0.2) is 18.4 Å². The lowest BCUT2D eigenvalue weighted by atomic mass is 10.1. The van der Waals surface area contributed by atoms with E-state index in [0.29, 0.717) is 6.61 Å². The molecule has 0 aromatic carbocycles. The molecular weight excluding hydrogens is 156 g/mol. The van der Waals surface area contributed by atoms with Crippen LogP contribution in [0.1, 0.15) is 22.5 Å². The molecule has 3 nitrogen and oxygen atoms in total. The summed E-state index contributed by atoms with van der Waals surface area (Å²) in [6.45, 7) is 2.01. The van der Waals surface area contributed by atoms with Crippen molar-refractivity contribution >= 4 is 11.8 Å². The minimum atomic E-state index is -0.948. The number of ketones is 1. The summed E-state index contributed by atoms with van der Waals surface area (Å²) in [6.07, 6.45) is -1.68. The summed E-state index contributed by atoms with van der Waals surface area (Å²) in [6, 6.07) is 0. The second-order valence-corrected chi connectivity index (χ2v) is 3.14. The van der Waals surface area contributed by atoms with Crippen LogP contribution in [0.15, 0.2) is 0 Å². The summed E-state index contributed by atoms with van der Waals surface area (Å²) in [5.74, 6) is -1.69. The van der Waals surface area contributed by atoms with Gasteiger partial charge in [0, 0.05) is 15.1 Å². The van der Waals surface area contributed by atoms with Crippen LogP contribution >= 0.6 is 0 Å². The molecule has 2 fully saturated rings. The molecule has 5 atom stereocenters. The van der Waals surface area contributed by atoms with E-state index in [1.807, 2.05) is 0 Å². The Hall–Kier alpha value is -0.860. The predicted octanol–water partition coefficient (Wildman–Crippen LogP) is 0.775. The Morgan fingerprint density at radius 1 is 1.83 bits per heavy atom. The van der Waals surface area contributed by atoms with Gasteiger partial charge in [-0.2, -0.15) is 0 Å². The normalized spacial score (nSPS) is 52.4. The summed E-state index contributed by atoms with van der Waals surface area (Å²) in [5.41, 5.74) is 0. The zero-order valence-corrected chi connectivity index (χ0v) is 6.82. The van der Waals surface area contributed by atoms with E-state index in [2.05, 4.69) is 0 Å².